The molecule has 0 saturated carbocycles. The van der Waals surface area contributed by atoms with Gasteiger partial charge in [-0.05, 0) is 40.7 Å². The van der Waals surface area contributed by atoms with E-state index in [4.69, 9.17) is 4.74 Å². The van der Waals surface area contributed by atoms with E-state index in [0.29, 0.717) is 19.6 Å². The highest BCUT2D eigenvalue weighted by Gasteiger charge is 2.35. The minimum absolute atomic E-state index is 0.605. The fourth-order valence-corrected chi connectivity index (χ4v) is 3.83. The lowest BCUT2D eigenvalue weighted by molar-refractivity contribution is 0.0487. The maximum atomic E-state index is 11.8. The van der Waals surface area contributed by atoms with E-state index in [-0.39, 0.29) is 0 Å². The van der Waals surface area contributed by atoms with Crippen LogP contribution in [-0.4, -0.2) is 11.7 Å². The van der Waals surface area contributed by atoms with Gasteiger partial charge >= 0.3 is 0 Å². The molecule has 0 unspecified atom stereocenters. The summed E-state index contributed by atoms with van der Waals surface area (Å²) in [7, 11) is 0. The van der Waals surface area contributed by atoms with Gasteiger partial charge in [-0.15, -0.1) is 0 Å². The van der Waals surface area contributed by atoms with Crippen LogP contribution in [0.3, 0.4) is 0 Å². The van der Waals surface area contributed by atoms with Crippen molar-refractivity contribution in [2.24, 2.45) is 0 Å². The van der Waals surface area contributed by atoms with Gasteiger partial charge in [-0.25, -0.2) is 0 Å². The van der Waals surface area contributed by atoms with Crippen molar-refractivity contribution < 1.29 is 9.84 Å². The number of fused-ring (bicyclic) bond motifs is 2. The molecule has 4 rings (SSSR count). The lowest BCUT2D eigenvalue weighted by Crippen LogP contribution is -2.29. The van der Waals surface area contributed by atoms with Crippen LogP contribution in [0.1, 0.15) is 40.7 Å². The SMILES string of the molecule is OC1(CCCOCc2ccccc2)c2ccccc2C=Cc2ccccc21. The normalized spacial score (nSPS) is 14.3. The van der Waals surface area contributed by atoms with Gasteiger partial charge in [-0.1, -0.05) is 91.0 Å². The van der Waals surface area contributed by atoms with Crippen LogP contribution in [0, 0.1) is 0 Å². The summed E-state index contributed by atoms with van der Waals surface area (Å²) < 4.78 is 5.84. The van der Waals surface area contributed by atoms with E-state index < -0.39 is 5.60 Å². The smallest absolute Gasteiger partial charge is 0.116 e. The van der Waals surface area contributed by atoms with Gasteiger partial charge in [0.15, 0.2) is 0 Å². The molecule has 0 aliphatic heterocycles. The quantitative estimate of drug-likeness (QED) is 0.599. The van der Waals surface area contributed by atoms with Crippen LogP contribution in [0.25, 0.3) is 12.2 Å². The van der Waals surface area contributed by atoms with E-state index in [1.54, 1.807) is 0 Å². The predicted octanol–water partition coefficient (Wildman–Crippen LogP) is 5.40. The fourth-order valence-electron chi connectivity index (χ4n) is 3.83. The molecule has 0 radical (unpaired) electrons. The lowest BCUT2D eigenvalue weighted by atomic mass is 9.80. The third kappa shape index (κ3) is 3.73. The van der Waals surface area contributed by atoms with Crippen LogP contribution in [0.4, 0.5) is 0 Å². The number of aliphatic hydroxyl groups is 1. The van der Waals surface area contributed by atoms with E-state index in [0.717, 1.165) is 28.7 Å². The van der Waals surface area contributed by atoms with E-state index >= 15 is 0 Å². The summed E-state index contributed by atoms with van der Waals surface area (Å²) in [5.41, 5.74) is 4.24. The highest BCUT2D eigenvalue weighted by atomic mass is 16.5. The molecule has 0 aromatic heterocycles. The topological polar surface area (TPSA) is 29.5 Å². The third-order valence-corrected chi connectivity index (χ3v) is 5.19. The average molecular weight is 356 g/mol. The number of rotatable bonds is 6. The molecule has 1 aliphatic rings. The van der Waals surface area contributed by atoms with Gasteiger partial charge in [0, 0.05) is 6.61 Å². The lowest BCUT2D eigenvalue weighted by Gasteiger charge is -2.31. The minimum atomic E-state index is -1.01. The Morgan fingerprint density at radius 1 is 0.704 bits per heavy atom. The van der Waals surface area contributed by atoms with Gasteiger partial charge in [0.05, 0.1) is 6.61 Å². The van der Waals surface area contributed by atoms with Gasteiger partial charge in [0.1, 0.15) is 5.60 Å². The molecule has 0 heterocycles. The van der Waals surface area contributed by atoms with E-state index in [9.17, 15) is 5.11 Å². The molecule has 0 atom stereocenters. The molecule has 136 valence electrons. The molecule has 0 spiro atoms. The number of hydrogen-bond donors (Lipinski definition) is 1. The molecule has 2 heteroatoms. The van der Waals surface area contributed by atoms with Crippen molar-refractivity contribution in [2.75, 3.05) is 6.61 Å². The summed E-state index contributed by atoms with van der Waals surface area (Å²) in [6.45, 7) is 1.23. The van der Waals surface area contributed by atoms with Crippen molar-refractivity contribution in [2.45, 2.75) is 25.0 Å². The van der Waals surface area contributed by atoms with Crippen molar-refractivity contribution in [3.63, 3.8) is 0 Å². The highest BCUT2D eigenvalue weighted by Crippen LogP contribution is 2.40. The molecule has 3 aromatic carbocycles. The van der Waals surface area contributed by atoms with E-state index in [1.165, 1.54) is 5.56 Å². The molecule has 3 aromatic rings. The van der Waals surface area contributed by atoms with E-state index in [1.807, 2.05) is 54.6 Å². The van der Waals surface area contributed by atoms with E-state index in [2.05, 4.69) is 36.4 Å². The Morgan fingerprint density at radius 2 is 1.26 bits per heavy atom. The van der Waals surface area contributed by atoms with Crippen molar-refractivity contribution in [3.8, 4) is 0 Å². The van der Waals surface area contributed by atoms with Crippen LogP contribution in [0.2, 0.25) is 0 Å². The van der Waals surface area contributed by atoms with Gasteiger partial charge in [-0.3, -0.25) is 0 Å². The zero-order valence-corrected chi connectivity index (χ0v) is 15.3. The molecular formula is C25H24O2. The van der Waals surface area contributed by atoms with Crippen molar-refractivity contribution in [1.29, 1.82) is 0 Å². The molecule has 1 N–H and O–H groups in total. The van der Waals surface area contributed by atoms with Crippen molar-refractivity contribution >= 4 is 12.2 Å². The molecular weight excluding hydrogens is 332 g/mol. The Bertz CT molecular complexity index is 878. The number of ether oxygens (including phenoxy) is 1. The second kappa shape index (κ2) is 7.91. The Kier molecular flexibility index (Phi) is 5.19. The minimum Gasteiger partial charge on any atom is -0.380 e. The molecule has 0 saturated heterocycles. The first-order valence-corrected chi connectivity index (χ1v) is 9.48. The Hall–Kier alpha value is -2.68. The third-order valence-electron chi connectivity index (χ3n) is 5.19. The Balaban J connectivity index is 1.51. The molecule has 2 nitrogen and oxygen atoms in total. The summed E-state index contributed by atoms with van der Waals surface area (Å²) in [6, 6.07) is 26.4. The molecule has 27 heavy (non-hydrogen) atoms. The highest BCUT2D eigenvalue weighted by molar-refractivity contribution is 5.77. The van der Waals surface area contributed by atoms with Crippen LogP contribution < -0.4 is 0 Å². The average Bonchev–Trinajstić information content (AvgIpc) is 2.84. The summed E-state index contributed by atoms with van der Waals surface area (Å²) in [5, 5.41) is 11.8. The molecule has 1 aliphatic carbocycles. The van der Waals surface area contributed by atoms with Gasteiger partial charge in [0.25, 0.3) is 0 Å². The first-order valence-electron chi connectivity index (χ1n) is 9.48. The maximum absolute atomic E-state index is 11.8. The zero-order valence-electron chi connectivity index (χ0n) is 15.3. The summed E-state index contributed by atoms with van der Waals surface area (Å²) in [4.78, 5) is 0. The second-order valence-electron chi connectivity index (χ2n) is 7.01. The van der Waals surface area contributed by atoms with Gasteiger partial charge in [0.2, 0.25) is 0 Å². The first kappa shape index (κ1) is 17.7. The fraction of sp³-hybridized carbons (Fsp3) is 0.200. The number of hydrogen-bond acceptors (Lipinski definition) is 2. The Labute approximate surface area is 160 Å². The Morgan fingerprint density at radius 3 is 1.89 bits per heavy atom. The maximum Gasteiger partial charge on any atom is 0.116 e. The predicted molar refractivity (Wildman–Crippen MR) is 110 cm³/mol. The molecule has 0 amide bonds. The van der Waals surface area contributed by atoms with Crippen molar-refractivity contribution in [1.82, 2.24) is 0 Å². The number of benzene rings is 3. The van der Waals surface area contributed by atoms with Crippen LogP contribution in [0.15, 0.2) is 78.9 Å². The van der Waals surface area contributed by atoms with Crippen molar-refractivity contribution in [3.05, 3.63) is 107 Å². The summed E-state index contributed by atoms with van der Waals surface area (Å²) >= 11 is 0. The first-order chi connectivity index (χ1) is 13.3. The monoisotopic (exact) mass is 356 g/mol. The van der Waals surface area contributed by atoms with Crippen LogP contribution in [0.5, 0.6) is 0 Å². The summed E-state index contributed by atoms with van der Waals surface area (Å²) in [5.74, 6) is 0. The molecule has 0 fully saturated rings. The largest absolute Gasteiger partial charge is 0.380 e. The van der Waals surface area contributed by atoms with Crippen LogP contribution in [-0.2, 0) is 16.9 Å². The molecule has 0 bridgehead atoms. The van der Waals surface area contributed by atoms with Crippen LogP contribution >= 0.6 is 0 Å². The van der Waals surface area contributed by atoms with Gasteiger partial charge < -0.3 is 9.84 Å². The standard InChI is InChI=1S/C25H24O2/c26-25(17-8-18-27-19-20-9-2-1-3-10-20)23-13-6-4-11-21(23)15-16-22-12-5-7-14-24(22)25/h1-7,9-16,26H,8,17-19H2. The second-order valence-corrected chi connectivity index (χ2v) is 7.01. The summed E-state index contributed by atoms with van der Waals surface area (Å²) in [6.07, 6.45) is 5.60. The van der Waals surface area contributed by atoms with Gasteiger partial charge in [-0.2, -0.15) is 0 Å². The zero-order chi connectivity index (χ0) is 18.5.